The topological polar surface area (TPSA) is 91.6 Å². The lowest BCUT2D eigenvalue weighted by Crippen LogP contribution is -2.35. The monoisotopic (exact) mass is 285 g/mol. The molecule has 7 nitrogen and oxygen atoms in total. The minimum absolute atomic E-state index is 0.0168. The first-order chi connectivity index (χ1) is 8.96. The minimum Gasteiger partial charge on any atom is -0.321 e. The van der Waals surface area contributed by atoms with E-state index in [2.05, 4.69) is 10.4 Å². The molecule has 2 heterocycles. The molecule has 1 aliphatic rings. The van der Waals surface area contributed by atoms with Crippen LogP contribution in [0.3, 0.4) is 0 Å². The van der Waals surface area contributed by atoms with Gasteiger partial charge in [-0.25, -0.2) is 13.4 Å². The summed E-state index contributed by atoms with van der Waals surface area (Å²) < 4.78 is 26.5. The van der Waals surface area contributed by atoms with Crippen molar-refractivity contribution in [1.82, 2.24) is 14.2 Å². The van der Waals surface area contributed by atoms with Crippen molar-refractivity contribution in [3.63, 3.8) is 0 Å². The molecular formula is C11H19N5O2S. The van der Waals surface area contributed by atoms with Crippen molar-refractivity contribution in [2.45, 2.75) is 17.5 Å². The molecule has 19 heavy (non-hydrogen) atoms. The molecule has 0 saturated carbocycles. The highest BCUT2D eigenvalue weighted by Crippen LogP contribution is 2.25. The molecule has 106 valence electrons. The third-order valence-corrected chi connectivity index (χ3v) is 5.19. The van der Waals surface area contributed by atoms with Crippen LogP contribution in [0, 0.1) is 0 Å². The van der Waals surface area contributed by atoms with Crippen LogP contribution >= 0.6 is 0 Å². The lowest BCUT2D eigenvalue weighted by atomic mass is 10.2. The molecule has 1 atom stereocenters. The standard InChI is InChI=1S/C11H19N5O2S/c1-15(2)9-5-7-16(8-9)19(17,18)11-10(14-12)4-3-6-13-11/h3-4,6,9,14H,5,7-8,12H2,1-2H3. The highest BCUT2D eigenvalue weighted by Gasteiger charge is 2.35. The van der Waals surface area contributed by atoms with Crippen LogP contribution in [0.5, 0.6) is 0 Å². The Morgan fingerprint density at radius 3 is 2.84 bits per heavy atom. The van der Waals surface area contributed by atoms with Gasteiger partial charge < -0.3 is 10.3 Å². The summed E-state index contributed by atoms with van der Waals surface area (Å²) in [5.41, 5.74) is 2.70. The van der Waals surface area contributed by atoms with Gasteiger partial charge in [0.05, 0.1) is 5.69 Å². The third-order valence-electron chi connectivity index (χ3n) is 3.37. The highest BCUT2D eigenvalue weighted by atomic mass is 32.2. The van der Waals surface area contributed by atoms with Gasteiger partial charge in [0.15, 0.2) is 5.03 Å². The molecule has 1 saturated heterocycles. The Hall–Kier alpha value is -1.22. The van der Waals surface area contributed by atoms with Crippen molar-refractivity contribution >= 4 is 15.7 Å². The zero-order valence-electron chi connectivity index (χ0n) is 11.1. The Balaban J connectivity index is 2.29. The minimum atomic E-state index is -3.59. The summed E-state index contributed by atoms with van der Waals surface area (Å²) in [5.74, 6) is 5.34. The molecule has 0 spiro atoms. The van der Waals surface area contributed by atoms with E-state index < -0.39 is 10.0 Å². The van der Waals surface area contributed by atoms with Gasteiger partial charge in [-0.3, -0.25) is 5.84 Å². The fourth-order valence-electron chi connectivity index (χ4n) is 2.18. The van der Waals surface area contributed by atoms with Crippen molar-refractivity contribution in [1.29, 1.82) is 0 Å². The van der Waals surface area contributed by atoms with Crippen molar-refractivity contribution in [3.05, 3.63) is 18.3 Å². The number of sulfonamides is 1. The van der Waals surface area contributed by atoms with Crippen LogP contribution < -0.4 is 11.3 Å². The highest BCUT2D eigenvalue weighted by molar-refractivity contribution is 7.89. The van der Waals surface area contributed by atoms with Crippen molar-refractivity contribution in [2.75, 3.05) is 32.6 Å². The fraction of sp³-hybridized carbons (Fsp3) is 0.545. The summed E-state index contributed by atoms with van der Waals surface area (Å²) >= 11 is 0. The van der Waals surface area contributed by atoms with Crippen LogP contribution in [0.2, 0.25) is 0 Å². The van der Waals surface area contributed by atoms with Crippen LogP contribution in [0.1, 0.15) is 6.42 Å². The average molecular weight is 285 g/mol. The first kappa shape index (κ1) is 14.2. The number of aromatic nitrogens is 1. The molecule has 0 aliphatic carbocycles. The van der Waals surface area contributed by atoms with Gasteiger partial charge in [-0.05, 0) is 32.6 Å². The molecule has 1 fully saturated rings. The van der Waals surface area contributed by atoms with E-state index in [0.717, 1.165) is 6.42 Å². The first-order valence-corrected chi connectivity index (χ1v) is 7.49. The number of hydrazine groups is 1. The summed E-state index contributed by atoms with van der Waals surface area (Å²) in [5, 5.41) is -0.0168. The van der Waals surface area contributed by atoms with Gasteiger partial charge >= 0.3 is 0 Å². The number of likely N-dealkylation sites (N-methyl/N-ethyl adjacent to an activating group) is 1. The maximum atomic E-state index is 12.5. The number of rotatable bonds is 4. The molecule has 0 bridgehead atoms. The number of hydrogen-bond donors (Lipinski definition) is 2. The maximum absolute atomic E-state index is 12.5. The zero-order valence-corrected chi connectivity index (χ0v) is 11.9. The quantitative estimate of drug-likeness (QED) is 0.582. The van der Waals surface area contributed by atoms with Crippen molar-refractivity contribution < 1.29 is 8.42 Å². The number of pyridine rings is 1. The SMILES string of the molecule is CN(C)C1CCN(S(=O)(=O)c2ncccc2NN)C1. The number of nitrogens with one attached hydrogen (secondary N) is 1. The number of nitrogen functional groups attached to an aromatic ring is 1. The van der Waals surface area contributed by atoms with E-state index in [4.69, 9.17) is 5.84 Å². The molecule has 1 aromatic heterocycles. The fourth-order valence-corrected chi connectivity index (χ4v) is 3.74. The second-order valence-electron chi connectivity index (χ2n) is 4.77. The molecule has 0 aromatic carbocycles. The molecule has 3 N–H and O–H groups in total. The Morgan fingerprint density at radius 1 is 1.53 bits per heavy atom. The molecule has 0 amide bonds. The molecule has 1 aliphatic heterocycles. The Bertz CT molecular complexity index is 546. The Morgan fingerprint density at radius 2 is 2.26 bits per heavy atom. The van der Waals surface area contributed by atoms with Crippen molar-refractivity contribution in [3.8, 4) is 0 Å². The zero-order chi connectivity index (χ0) is 14.0. The second-order valence-corrected chi connectivity index (χ2v) is 6.62. The van der Waals surface area contributed by atoms with Gasteiger partial charge in [0, 0.05) is 25.3 Å². The predicted molar refractivity (Wildman–Crippen MR) is 72.9 cm³/mol. The van der Waals surface area contributed by atoms with Crippen LogP contribution in [-0.2, 0) is 10.0 Å². The Labute approximate surface area is 113 Å². The largest absolute Gasteiger partial charge is 0.321 e. The number of anilines is 1. The lowest BCUT2D eigenvalue weighted by Gasteiger charge is -2.20. The van der Waals surface area contributed by atoms with Gasteiger partial charge in [-0.1, -0.05) is 0 Å². The van der Waals surface area contributed by atoms with E-state index in [1.54, 1.807) is 12.1 Å². The number of nitrogens with zero attached hydrogens (tertiary/aromatic N) is 3. The Kier molecular flexibility index (Phi) is 4.04. The van der Waals surface area contributed by atoms with E-state index >= 15 is 0 Å². The summed E-state index contributed by atoms with van der Waals surface area (Å²) in [6.07, 6.45) is 2.28. The average Bonchev–Trinajstić information content (AvgIpc) is 2.89. The third kappa shape index (κ3) is 2.71. The lowest BCUT2D eigenvalue weighted by molar-refractivity contribution is 0.302. The van der Waals surface area contributed by atoms with Crippen LogP contribution in [0.4, 0.5) is 5.69 Å². The summed E-state index contributed by atoms with van der Waals surface area (Å²) in [4.78, 5) is 5.99. The van der Waals surface area contributed by atoms with Gasteiger partial charge in [0.25, 0.3) is 10.0 Å². The normalized spacial score (nSPS) is 20.9. The summed E-state index contributed by atoms with van der Waals surface area (Å²) in [7, 11) is 0.311. The van der Waals surface area contributed by atoms with Crippen LogP contribution in [0.25, 0.3) is 0 Å². The first-order valence-electron chi connectivity index (χ1n) is 6.05. The van der Waals surface area contributed by atoms with E-state index in [-0.39, 0.29) is 11.1 Å². The predicted octanol–water partition coefficient (Wildman–Crippen LogP) is -0.308. The number of hydrogen-bond acceptors (Lipinski definition) is 6. The van der Waals surface area contributed by atoms with Crippen LogP contribution in [0.15, 0.2) is 23.4 Å². The van der Waals surface area contributed by atoms with Gasteiger partial charge in [0.2, 0.25) is 0 Å². The van der Waals surface area contributed by atoms with E-state index in [1.165, 1.54) is 10.5 Å². The molecule has 1 aromatic rings. The van der Waals surface area contributed by atoms with Crippen LogP contribution in [-0.4, -0.2) is 55.8 Å². The van der Waals surface area contributed by atoms with Gasteiger partial charge in [-0.2, -0.15) is 4.31 Å². The molecule has 1 unspecified atom stereocenters. The number of nitrogens with two attached hydrogens (primary N) is 1. The summed E-state index contributed by atoms with van der Waals surface area (Å²) in [6, 6.07) is 3.48. The van der Waals surface area contributed by atoms with Crippen molar-refractivity contribution in [2.24, 2.45) is 5.84 Å². The molecule has 2 rings (SSSR count). The maximum Gasteiger partial charge on any atom is 0.262 e. The van der Waals surface area contributed by atoms with Gasteiger partial charge in [0.1, 0.15) is 0 Å². The van der Waals surface area contributed by atoms with Gasteiger partial charge in [-0.15, -0.1) is 0 Å². The van der Waals surface area contributed by atoms with E-state index in [9.17, 15) is 8.42 Å². The molecule has 0 radical (unpaired) electrons. The molecule has 8 heteroatoms. The summed E-state index contributed by atoms with van der Waals surface area (Å²) in [6.45, 7) is 0.988. The smallest absolute Gasteiger partial charge is 0.262 e. The molecular weight excluding hydrogens is 266 g/mol. The second kappa shape index (κ2) is 5.41. The van der Waals surface area contributed by atoms with E-state index in [1.807, 2.05) is 19.0 Å². The van der Waals surface area contributed by atoms with E-state index in [0.29, 0.717) is 18.8 Å².